The lowest BCUT2D eigenvalue weighted by molar-refractivity contribution is -0.122. The Morgan fingerprint density at radius 3 is 2.83 bits per heavy atom. The molecule has 0 atom stereocenters. The Hall–Kier alpha value is -2.55. The Morgan fingerprint density at radius 2 is 2.07 bits per heavy atom. The largest absolute Gasteiger partial charge is 0.497 e. The SMILES string of the molecule is COc1cccc(/C=C2/SC(=S)N(CCNC(=O)Nc3cccc(Cl)c3)C2=O)c1. The Bertz CT molecular complexity index is 981. The third-order valence-corrected chi connectivity index (χ3v) is 5.58. The van der Waals surface area contributed by atoms with E-state index < -0.39 is 0 Å². The molecule has 9 heteroatoms. The summed E-state index contributed by atoms with van der Waals surface area (Å²) in [6.07, 6.45) is 1.78. The van der Waals surface area contributed by atoms with E-state index >= 15 is 0 Å². The highest BCUT2D eigenvalue weighted by Crippen LogP contribution is 2.32. The second kappa shape index (κ2) is 9.78. The van der Waals surface area contributed by atoms with Crippen molar-refractivity contribution < 1.29 is 14.3 Å². The number of benzene rings is 2. The van der Waals surface area contributed by atoms with Gasteiger partial charge < -0.3 is 15.4 Å². The van der Waals surface area contributed by atoms with E-state index in [4.69, 9.17) is 28.6 Å². The van der Waals surface area contributed by atoms with Gasteiger partial charge in [0.1, 0.15) is 10.1 Å². The van der Waals surface area contributed by atoms with Gasteiger partial charge in [0.15, 0.2) is 0 Å². The molecule has 2 aromatic carbocycles. The van der Waals surface area contributed by atoms with Crippen LogP contribution in [0.5, 0.6) is 5.75 Å². The molecule has 0 aromatic heterocycles. The third-order valence-electron chi connectivity index (χ3n) is 3.97. The lowest BCUT2D eigenvalue weighted by atomic mass is 10.2. The predicted molar refractivity (Wildman–Crippen MR) is 121 cm³/mol. The van der Waals surface area contributed by atoms with Crippen molar-refractivity contribution in [3.05, 3.63) is 64.0 Å². The molecule has 0 aliphatic carbocycles. The second-order valence-corrected chi connectivity index (χ2v) is 8.11. The van der Waals surface area contributed by atoms with Crippen molar-refractivity contribution in [2.45, 2.75) is 0 Å². The van der Waals surface area contributed by atoms with Crippen LogP contribution in [-0.4, -0.2) is 41.4 Å². The van der Waals surface area contributed by atoms with Crippen molar-refractivity contribution in [1.29, 1.82) is 0 Å². The number of thioether (sulfide) groups is 1. The normalized spacial score (nSPS) is 15.0. The van der Waals surface area contributed by atoms with E-state index in [-0.39, 0.29) is 25.0 Å². The molecule has 0 saturated carbocycles. The number of hydrogen-bond donors (Lipinski definition) is 2. The van der Waals surface area contributed by atoms with Gasteiger partial charge in [0.25, 0.3) is 5.91 Å². The van der Waals surface area contributed by atoms with Crippen LogP contribution in [0, 0.1) is 0 Å². The Balaban J connectivity index is 1.54. The Labute approximate surface area is 183 Å². The van der Waals surface area contributed by atoms with Crippen molar-refractivity contribution in [3.63, 3.8) is 0 Å². The minimum Gasteiger partial charge on any atom is -0.497 e. The van der Waals surface area contributed by atoms with E-state index in [0.717, 1.165) is 5.56 Å². The zero-order valence-corrected chi connectivity index (χ0v) is 17.9. The van der Waals surface area contributed by atoms with E-state index in [0.29, 0.717) is 25.7 Å². The lowest BCUT2D eigenvalue weighted by Gasteiger charge is -2.15. The monoisotopic (exact) mass is 447 g/mol. The van der Waals surface area contributed by atoms with E-state index in [1.807, 2.05) is 24.3 Å². The van der Waals surface area contributed by atoms with E-state index in [1.54, 1.807) is 37.5 Å². The number of hydrogen-bond acceptors (Lipinski definition) is 5. The van der Waals surface area contributed by atoms with Gasteiger partial charge in [0.05, 0.1) is 12.0 Å². The minimum atomic E-state index is -0.385. The fraction of sp³-hybridized carbons (Fsp3) is 0.150. The van der Waals surface area contributed by atoms with Crippen LogP contribution in [0.4, 0.5) is 10.5 Å². The average molecular weight is 448 g/mol. The predicted octanol–water partition coefficient (Wildman–Crippen LogP) is 4.37. The molecule has 3 rings (SSSR count). The maximum absolute atomic E-state index is 12.7. The fourth-order valence-corrected chi connectivity index (χ4v) is 4.10. The first-order chi connectivity index (χ1) is 14.0. The molecule has 0 unspecified atom stereocenters. The second-order valence-electron chi connectivity index (χ2n) is 6.00. The molecule has 3 amide bonds. The van der Waals surface area contributed by atoms with Gasteiger partial charge in [-0.1, -0.05) is 53.8 Å². The molecule has 2 N–H and O–H groups in total. The van der Waals surface area contributed by atoms with Crippen LogP contribution in [0.25, 0.3) is 6.08 Å². The van der Waals surface area contributed by atoms with Gasteiger partial charge in [-0.3, -0.25) is 9.69 Å². The van der Waals surface area contributed by atoms with Crippen molar-refractivity contribution in [1.82, 2.24) is 10.2 Å². The molecular weight excluding hydrogens is 430 g/mol. The number of amides is 3. The van der Waals surface area contributed by atoms with Crippen molar-refractivity contribution in [2.75, 3.05) is 25.5 Å². The molecule has 29 heavy (non-hydrogen) atoms. The summed E-state index contributed by atoms with van der Waals surface area (Å²) in [6, 6.07) is 13.9. The maximum atomic E-state index is 12.7. The number of thiocarbonyl (C=S) groups is 1. The van der Waals surface area contributed by atoms with Crippen molar-refractivity contribution in [3.8, 4) is 5.75 Å². The molecule has 1 saturated heterocycles. The summed E-state index contributed by atoms with van der Waals surface area (Å²) < 4.78 is 5.66. The zero-order chi connectivity index (χ0) is 20.8. The number of ether oxygens (including phenoxy) is 1. The summed E-state index contributed by atoms with van der Waals surface area (Å²) in [5, 5.41) is 5.92. The molecule has 1 fully saturated rings. The minimum absolute atomic E-state index is 0.181. The molecule has 150 valence electrons. The molecule has 0 spiro atoms. The van der Waals surface area contributed by atoms with Crippen LogP contribution in [0.2, 0.25) is 5.02 Å². The van der Waals surface area contributed by atoms with E-state index in [2.05, 4.69) is 10.6 Å². The summed E-state index contributed by atoms with van der Waals surface area (Å²) in [6.45, 7) is 0.536. The van der Waals surface area contributed by atoms with E-state index in [1.165, 1.54) is 16.7 Å². The Morgan fingerprint density at radius 1 is 1.28 bits per heavy atom. The first-order valence-electron chi connectivity index (χ1n) is 8.66. The number of rotatable bonds is 6. The number of nitrogens with one attached hydrogen (secondary N) is 2. The number of methoxy groups -OCH3 is 1. The van der Waals surface area contributed by atoms with Gasteiger partial charge in [-0.05, 0) is 42.0 Å². The summed E-state index contributed by atoms with van der Waals surface area (Å²) >= 11 is 12.5. The molecule has 1 heterocycles. The first-order valence-corrected chi connectivity index (χ1v) is 10.3. The van der Waals surface area contributed by atoms with Gasteiger partial charge in [-0.25, -0.2) is 4.79 Å². The number of carbonyl (C=O) groups is 2. The zero-order valence-electron chi connectivity index (χ0n) is 15.5. The van der Waals surface area contributed by atoms with Gasteiger partial charge in [-0.2, -0.15) is 0 Å². The topological polar surface area (TPSA) is 70.7 Å². The maximum Gasteiger partial charge on any atom is 0.319 e. The van der Waals surface area contributed by atoms with Crippen LogP contribution in [-0.2, 0) is 4.79 Å². The molecule has 1 aliphatic heterocycles. The molecule has 0 bridgehead atoms. The summed E-state index contributed by atoms with van der Waals surface area (Å²) in [4.78, 5) is 26.7. The standard InChI is InChI=1S/C20H18ClN3O3S2/c1-27-16-7-2-4-13(10-16)11-17-18(25)24(20(28)29-17)9-8-22-19(26)23-15-6-3-5-14(21)12-15/h2-7,10-12H,8-9H2,1H3,(H2,22,23,26)/b17-11+. The van der Waals surface area contributed by atoms with Crippen molar-refractivity contribution in [2.24, 2.45) is 0 Å². The summed E-state index contributed by atoms with van der Waals surface area (Å²) in [5.74, 6) is 0.531. The van der Waals surface area contributed by atoms with Gasteiger partial charge in [0, 0.05) is 23.8 Å². The number of carbonyl (C=O) groups excluding carboxylic acids is 2. The summed E-state index contributed by atoms with van der Waals surface area (Å²) in [5.41, 5.74) is 1.44. The highest BCUT2D eigenvalue weighted by molar-refractivity contribution is 8.26. The van der Waals surface area contributed by atoms with Gasteiger partial charge in [-0.15, -0.1) is 0 Å². The van der Waals surface area contributed by atoms with Crippen LogP contribution in [0.15, 0.2) is 53.4 Å². The molecule has 1 aliphatic rings. The number of nitrogens with zero attached hydrogens (tertiary/aromatic N) is 1. The smallest absolute Gasteiger partial charge is 0.319 e. The molecular formula is C20H18ClN3O3S2. The van der Waals surface area contributed by atoms with Crippen LogP contribution < -0.4 is 15.4 Å². The van der Waals surface area contributed by atoms with E-state index in [9.17, 15) is 9.59 Å². The van der Waals surface area contributed by atoms with Crippen molar-refractivity contribution >= 4 is 63.6 Å². The molecule has 0 radical (unpaired) electrons. The van der Waals surface area contributed by atoms with Gasteiger partial charge in [0.2, 0.25) is 0 Å². The molecule has 6 nitrogen and oxygen atoms in total. The third kappa shape index (κ3) is 5.72. The lowest BCUT2D eigenvalue weighted by Crippen LogP contribution is -2.38. The highest BCUT2D eigenvalue weighted by atomic mass is 35.5. The number of anilines is 1. The number of halogens is 1. The molecule has 2 aromatic rings. The van der Waals surface area contributed by atoms with Gasteiger partial charge >= 0.3 is 6.03 Å². The summed E-state index contributed by atoms with van der Waals surface area (Å²) in [7, 11) is 1.59. The average Bonchev–Trinajstić information content (AvgIpc) is 2.95. The number of urea groups is 1. The Kier molecular flexibility index (Phi) is 7.13. The quantitative estimate of drug-likeness (QED) is 0.508. The van der Waals surface area contributed by atoms with Crippen LogP contribution >= 0.6 is 35.6 Å². The fourth-order valence-electron chi connectivity index (χ4n) is 2.60. The van der Waals surface area contributed by atoms with Crippen LogP contribution in [0.1, 0.15) is 5.56 Å². The highest BCUT2D eigenvalue weighted by Gasteiger charge is 2.31. The first kappa shape index (κ1) is 21.2. The van der Waals surface area contributed by atoms with Crippen LogP contribution in [0.3, 0.4) is 0 Å².